The van der Waals surface area contributed by atoms with Gasteiger partial charge in [-0.15, -0.1) is 0 Å². The standard InChI is InChI=1S/C18H26N2O/c1-14-10-15(2)12-17(11-14)20-16-6-5-7-18(13-16)21-9-4-3-8-19/h5-7,13-15,17,20H,3-4,9-12H2,1-2H3. The van der Waals surface area contributed by atoms with E-state index in [0.717, 1.165) is 29.7 Å². The molecule has 1 aliphatic rings. The molecule has 3 nitrogen and oxygen atoms in total. The van der Waals surface area contributed by atoms with E-state index >= 15 is 0 Å². The van der Waals surface area contributed by atoms with Gasteiger partial charge < -0.3 is 10.1 Å². The predicted molar refractivity (Wildman–Crippen MR) is 86.4 cm³/mol. The van der Waals surface area contributed by atoms with Crippen molar-refractivity contribution in [1.29, 1.82) is 5.26 Å². The van der Waals surface area contributed by atoms with Crippen molar-refractivity contribution in [3.8, 4) is 11.8 Å². The molecule has 0 bridgehead atoms. The highest BCUT2D eigenvalue weighted by molar-refractivity contribution is 5.48. The molecule has 0 aromatic heterocycles. The summed E-state index contributed by atoms with van der Waals surface area (Å²) < 4.78 is 5.69. The highest BCUT2D eigenvalue weighted by atomic mass is 16.5. The zero-order chi connectivity index (χ0) is 15.1. The fourth-order valence-electron chi connectivity index (χ4n) is 3.32. The smallest absolute Gasteiger partial charge is 0.121 e. The normalized spacial score (nSPS) is 25.1. The fraction of sp³-hybridized carbons (Fsp3) is 0.611. The van der Waals surface area contributed by atoms with Gasteiger partial charge in [0, 0.05) is 24.2 Å². The van der Waals surface area contributed by atoms with Crippen LogP contribution in [0.25, 0.3) is 0 Å². The molecule has 3 heteroatoms. The number of rotatable bonds is 6. The Morgan fingerprint density at radius 3 is 2.71 bits per heavy atom. The van der Waals surface area contributed by atoms with Crippen molar-refractivity contribution in [2.24, 2.45) is 11.8 Å². The maximum atomic E-state index is 8.52. The molecule has 1 aromatic carbocycles. The molecular weight excluding hydrogens is 260 g/mol. The molecule has 2 atom stereocenters. The predicted octanol–water partition coefficient (Wildman–Crippen LogP) is 4.61. The van der Waals surface area contributed by atoms with Crippen molar-refractivity contribution in [2.75, 3.05) is 11.9 Å². The summed E-state index contributed by atoms with van der Waals surface area (Å²) >= 11 is 0. The summed E-state index contributed by atoms with van der Waals surface area (Å²) in [7, 11) is 0. The lowest BCUT2D eigenvalue weighted by molar-refractivity contribution is 0.280. The van der Waals surface area contributed by atoms with Gasteiger partial charge in [-0.05, 0) is 49.7 Å². The quantitative estimate of drug-likeness (QED) is 0.777. The Bertz CT molecular complexity index is 470. The molecule has 2 rings (SSSR count). The number of nitriles is 1. The van der Waals surface area contributed by atoms with E-state index in [1.54, 1.807) is 0 Å². The molecule has 0 heterocycles. The molecule has 1 aliphatic carbocycles. The maximum absolute atomic E-state index is 8.52. The van der Waals surface area contributed by atoms with E-state index in [1.807, 2.05) is 12.1 Å². The Morgan fingerprint density at radius 1 is 1.24 bits per heavy atom. The number of nitrogens with one attached hydrogen (secondary N) is 1. The van der Waals surface area contributed by atoms with Crippen LogP contribution in [0.1, 0.15) is 46.0 Å². The van der Waals surface area contributed by atoms with Gasteiger partial charge >= 0.3 is 0 Å². The van der Waals surface area contributed by atoms with E-state index in [1.165, 1.54) is 19.3 Å². The van der Waals surface area contributed by atoms with E-state index in [9.17, 15) is 0 Å². The highest BCUT2D eigenvalue weighted by Crippen LogP contribution is 2.31. The third-order valence-electron chi connectivity index (χ3n) is 4.08. The molecular formula is C18H26N2O. The summed E-state index contributed by atoms with van der Waals surface area (Å²) in [6, 6.07) is 10.9. The number of benzene rings is 1. The first-order valence-electron chi connectivity index (χ1n) is 8.03. The van der Waals surface area contributed by atoms with E-state index in [4.69, 9.17) is 10.00 Å². The summed E-state index contributed by atoms with van der Waals surface area (Å²) in [5.74, 6) is 2.49. The van der Waals surface area contributed by atoms with Crippen LogP contribution < -0.4 is 10.1 Å². The van der Waals surface area contributed by atoms with Gasteiger partial charge in [0.1, 0.15) is 5.75 Å². The number of hydrogen-bond donors (Lipinski definition) is 1. The molecule has 1 aromatic rings. The molecule has 21 heavy (non-hydrogen) atoms. The molecule has 1 saturated carbocycles. The molecule has 0 aliphatic heterocycles. The average Bonchev–Trinajstić information content (AvgIpc) is 2.43. The van der Waals surface area contributed by atoms with Gasteiger partial charge in [0.05, 0.1) is 12.7 Å². The second-order valence-corrected chi connectivity index (χ2v) is 6.40. The molecule has 0 saturated heterocycles. The van der Waals surface area contributed by atoms with Crippen LogP contribution in [0, 0.1) is 23.2 Å². The Labute approximate surface area is 128 Å². The molecule has 0 radical (unpaired) electrons. The van der Waals surface area contributed by atoms with Gasteiger partial charge in [0.25, 0.3) is 0 Å². The van der Waals surface area contributed by atoms with E-state index in [2.05, 4.69) is 37.4 Å². The first kappa shape index (κ1) is 15.7. The lowest BCUT2D eigenvalue weighted by atomic mass is 9.80. The van der Waals surface area contributed by atoms with Crippen molar-refractivity contribution < 1.29 is 4.74 Å². The lowest BCUT2D eigenvalue weighted by Crippen LogP contribution is -2.30. The van der Waals surface area contributed by atoms with Crippen LogP contribution in [0.2, 0.25) is 0 Å². The SMILES string of the molecule is CC1CC(C)CC(Nc2cccc(OCCCC#N)c2)C1. The van der Waals surface area contributed by atoms with Crippen molar-refractivity contribution in [3.05, 3.63) is 24.3 Å². The second-order valence-electron chi connectivity index (χ2n) is 6.40. The third-order valence-corrected chi connectivity index (χ3v) is 4.08. The summed E-state index contributed by atoms with van der Waals surface area (Å²) in [6.45, 7) is 5.30. The van der Waals surface area contributed by atoms with Gasteiger partial charge in [-0.2, -0.15) is 5.26 Å². The summed E-state index contributed by atoms with van der Waals surface area (Å²) in [5.41, 5.74) is 1.14. The minimum Gasteiger partial charge on any atom is -0.493 e. The van der Waals surface area contributed by atoms with Crippen LogP contribution in [0.5, 0.6) is 5.75 Å². The zero-order valence-electron chi connectivity index (χ0n) is 13.1. The van der Waals surface area contributed by atoms with Crippen molar-refractivity contribution in [1.82, 2.24) is 0 Å². The first-order chi connectivity index (χ1) is 10.2. The Kier molecular flexibility index (Phi) is 5.92. The van der Waals surface area contributed by atoms with Gasteiger partial charge in [-0.3, -0.25) is 0 Å². The Balaban J connectivity index is 1.87. The Morgan fingerprint density at radius 2 is 2.00 bits per heavy atom. The molecule has 114 valence electrons. The van der Waals surface area contributed by atoms with Gasteiger partial charge in [0.15, 0.2) is 0 Å². The first-order valence-corrected chi connectivity index (χ1v) is 8.03. The van der Waals surface area contributed by atoms with Crippen molar-refractivity contribution >= 4 is 5.69 Å². The highest BCUT2D eigenvalue weighted by Gasteiger charge is 2.23. The lowest BCUT2D eigenvalue weighted by Gasteiger charge is -2.32. The van der Waals surface area contributed by atoms with Gasteiger partial charge in [-0.25, -0.2) is 0 Å². The average molecular weight is 286 g/mol. The molecule has 1 N–H and O–H groups in total. The number of unbranched alkanes of at least 4 members (excludes halogenated alkanes) is 1. The third kappa shape index (κ3) is 5.30. The van der Waals surface area contributed by atoms with E-state index in [-0.39, 0.29) is 0 Å². The summed E-state index contributed by atoms with van der Waals surface area (Å²) in [4.78, 5) is 0. The number of hydrogen-bond acceptors (Lipinski definition) is 3. The fourth-order valence-corrected chi connectivity index (χ4v) is 3.32. The molecule has 2 unspecified atom stereocenters. The largest absolute Gasteiger partial charge is 0.493 e. The summed E-state index contributed by atoms with van der Waals surface area (Å²) in [6.07, 6.45) is 5.18. The number of anilines is 1. The van der Waals surface area contributed by atoms with Crippen molar-refractivity contribution in [2.45, 2.75) is 52.0 Å². The minimum atomic E-state index is 0.551. The van der Waals surface area contributed by atoms with Gasteiger partial charge in [0.2, 0.25) is 0 Å². The summed E-state index contributed by atoms with van der Waals surface area (Å²) in [5, 5.41) is 12.2. The zero-order valence-corrected chi connectivity index (χ0v) is 13.1. The minimum absolute atomic E-state index is 0.551. The maximum Gasteiger partial charge on any atom is 0.121 e. The molecule has 1 fully saturated rings. The van der Waals surface area contributed by atoms with Crippen LogP contribution in [0.15, 0.2) is 24.3 Å². The number of nitrogens with zero attached hydrogens (tertiary/aromatic N) is 1. The topological polar surface area (TPSA) is 45.0 Å². The van der Waals surface area contributed by atoms with Crippen LogP contribution in [-0.2, 0) is 0 Å². The Hall–Kier alpha value is -1.69. The van der Waals surface area contributed by atoms with Crippen LogP contribution in [0.3, 0.4) is 0 Å². The van der Waals surface area contributed by atoms with Crippen LogP contribution >= 0.6 is 0 Å². The van der Waals surface area contributed by atoms with Crippen molar-refractivity contribution in [3.63, 3.8) is 0 Å². The number of ether oxygens (including phenoxy) is 1. The molecule has 0 amide bonds. The molecule has 0 spiro atoms. The second kappa shape index (κ2) is 7.93. The van der Waals surface area contributed by atoms with Crippen LogP contribution in [0.4, 0.5) is 5.69 Å². The van der Waals surface area contributed by atoms with E-state index < -0.39 is 0 Å². The van der Waals surface area contributed by atoms with Gasteiger partial charge in [-0.1, -0.05) is 19.9 Å². The van der Waals surface area contributed by atoms with Crippen LogP contribution in [-0.4, -0.2) is 12.6 Å². The monoisotopic (exact) mass is 286 g/mol. The van der Waals surface area contributed by atoms with E-state index in [0.29, 0.717) is 19.1 Å².